The number of hydrogen-bond donors (Lipinski definition) is 3. The molecule has 0 aliphatic rings. The average Bonchev–Trinajstić information content (AvgIpc) is 3.06. The zero-order valence-corrected chi connectivity index (χ0v) is 14.9. The Morgan fingerprint density at radius 2 is 1.85 bits per heavy atom. The second-order valence-electron chi connectivity index (χ2n) is 5.72. The minimum atomic E-state index is 0.598. The zero-order valence-electron chi connectivity index (χ0n) is 14.9. The minimum absolute atomic E-state index is 0.598. The number of aromatic amines is 1. The van der Waals surface area contributed by atoms with Crippen molar-refractivity contribution in [1.29, 1.82) is 0 Å². The summed E-state index contributed by atoms with van der Waals surface area (Å²) in [4.78, 5) is 9.08. The number of anilines is 3. The summed E-state index contributed by atoms with van der Waals surface area (Å²) in [5.41, 5.74) is 2.07. The van der Waals surface area contributed by atoms with Crippen LogP contribution in [0, 0.1) is 6.92 Å². The molecule has 0 saturated heterocycles. The maximum absolute atomic E-state index is 5.08. The van der Waals surface area contributed by atoms with Gasteiger partial charge in [-0.2, -0.15) is 5.10 Å². The molecule has 26 heavy (non-hydrogen) atoms. The third kappa shape index (κ3) is 5.15. The lowest BCUT2D eigenvalue weighted by Crippen LogP contribution is -2.10. The van der Waals surface area contributed by atoms with Gasteiger partial charge in [-0.05, 0) is 18.6 Å². The van der Waals surface area contributed by atoms with E-state index in [1.54, 1.807) is 7.11 Å². The Labute approximate surface area is 152 Å². The Bertz CT molecular complexity index is 859. The van der Waals surface area contributed by atoms with E-state index < -0.39 is 0 Å². The van der Waals surface area contributed by atoms with Crippen LogP contribution in [0.15, 0.2) is 42.5 Å². The maximum Gasteiger partial charge on any atom is 0.156 e. The van der Waals surface area contributed by atoms with Crippen LogP contribution in [0.5, 0.6) is 0 Å². The fourth-order valence-corrected chi connectivity index (χ4v) is 2.32. The van der Waals surface area contributed by atoms with Crippen LogP contribution in [0.1, 0.15) is 17.1 Å². The number of ether oxygens (including phenoxy) is 1. The Morgan fingerprint density at radius 1 is 1.04 bits per heavy atom. The molecule has 1 aromatic carbocycles. The van der Waals surface area contributed by atoms with Gasteiger partial charge in [0.15, 0.2) is 11.6 Å². The molecule has 3 rings (SSSR count). The fourth-order valence-electron chi connectivity index (χ4n) is 2.32. The molecule has 0 amide bonds. The number of H-pyrrole nitrogens is 1. The normalized spacial score (nSPS) is 11.0. The standard InChI is InChI=1S/C19H22N6O/c1-14-12-19(25-24-14)23-18-13-17(20-10-11-26-2)21-16(22-18)9-8-15-6-4-3-5-7-15/h3-9,12-13H,10-11H2,1-2H3,(H3,20,21,22,23,24,25). The van der Waals surface area contributed by atoms with Crippen molar-refractivity contribution in [2.24, 2.45) is 0 Å². The Balaban J connectivity index is 1.82. The topological polar surface area (TPSA) is 87.8 Å². The van der Waals surface area contributed by atoms with Crippen LogP contribution >= 0.6 is 0 Å². The van der Waals surface area contributed by atoms with Crippen molar-refractivity contribution in [3.05, 3.63) is 59.5 Å². The first-order valence-electron chi connectivity index (χ1n) is 8.37. The molecule has 2 heterocycles. The van der Waals surface area contributed by atoms with Crippen molar-refractivity contribution in [2.45, 2.75) is 6.92 Å². The van der Waals surface area contributed by atoms with E-state index in [0.717, 1.165) is 17.1 Å². The molecule has 0 fully saturated rings. The highest BCUT2D eigenvalue weighted by Gasteiger charge is 2.05. The van der Waals surface area contributed by atoms with Gasteiger partial charge in [0.05, 0.1) is 6.61 Å². The molecule has 7 nitrogen and oxygen atoms in total. The zero-order chi connectivity index (χ0) is 18.2. The van der Waals surface area contributed by atoms with E-state index in [1.165, 1.54) is 0 Å². The van der Waals surface area contributed by atoms with Gasteiger partial charge in [0.2, 0.25) is 0 Å². The monoisotopic (exact) mass is 350 g/mol. The summed E-state index contributed by atoms with van der Waals surface area (Å²) in [6.07, 6.45) is 3.87. The molecule has 0 atom stereocenters. The van der Waals surface area contributed by atoms with Crippen LogP contribution in [0.3, 0.4) is 0 Å². The highest BCUT2D eigenvalue weighted by molar-refractivity contribution is 5.68. The van der Waals surface area contributed by atoms with Gasteiger partial charge in [-0.15, -0.1) is 0 Å². The highest BCUT2D eigenvalue weighted by atomic mass is 16.5. The number of methoxy groups -OCH3 is 1. The number of benzene rings is 1. The van der Waals surface area contributed by atoms with Crippen molar-refractivity contribution in [1.82, 2.24) is 20.2 Å². The van der Waals surface area contributed by atoms with E-state index >= 15 is 0 Å². The lowest BCUT2D eigenvalue weighted by molar-refractivity contribution is 0.210. The first kappa shape index (κ1) is 17.6. The summed E-state index contributed by atoms with van der Waals surface area (Å²) >= 11 is 0. The number of hydrogen-bond acceptors (Lipinski definition) is 6. The Morgan fingerprint density at radius 3 is 2.58 bits per heavy atom. The first-order valence-corrected chi connectivity index (χ1v) is 8.37. The van der Waals surface area contributed by atoms with Gasteiger partial charge < -0.3 is 15.4 Å². The van der Waals surface area contributed by atoms with Crippen LogP contribution in [-0.2, 0) is 4.74 Å². The van der Waals surface area contributed by atoms with Gasteiger partial charge in [0.1, 0.15) is 11.6 Å². The van der Waals surface area contributed by atoms with Crippen LogP contribution in [0.4, 0.5) is 17.5 Å². The van der Waals surface area contributed by atoms with Crippen LogP contribution in [0.25, 0.3) is 12.2 Å². The van der Waals surface area contributed by atoms with Gasteiger partial charge >= 0.3 is 0 Å². The van der Waals surface area contributed by atoms with Crippen molar-refractivity contribution >= 4 is 29.6 Å². The van der Waals surface area contributed by atoms with Crippen LogP contribution in [-0.4, -0.2) is 40.4 Å². The number of aromatic nitrogens is 4. The molecule has 3 N–H and O–H groups in total. The molecule has 134 valence electrons. The maximum atomic E-state index is 5.08. The van der Waals surface area contributed by atoms with Crippen molar-refractivity contribution in [3.8, 4) is 0 Å². The molecule has 2 aromatic heterocycles. The van der Waals surface area contributed by atoms with E-state index in [4.69, 9.17) is 4.74 Å². The molecule has 0 spiro atoms. The molecule has 0 saturated carbocycles. The van der Waals surface area contributed by atoms with Crippen molar-refractivity contribution < 1.29 is 4.74 Å². The third-order valence-corrected chi connectivity index (χ3v) is 3.54. The molecule has 3 aromatic rings. The van der Waals surface area contributed by atoms with Gasteiger partial charge in [0, 0.05) is 31.5 Å². The van der Waals surface area contributed by atoms with Crippen molar-refractivity contribution in [2.75, 3.05) is 30.9 Å². The molecule has 0 bridgehead atoms. The fraction of sp³-hybridized carbons (Fsp3) is 0.211. The van der Waals surface area contributed by atoms with Gasteiger partial charge in [-0.3, -0.25) is 5.10 Å². The van der Waals surface area contributed by atoms with E-state index in [1.807, 2.05) is 61.5 Å². The summed E-state index contributed by atoms with van der Waals surface area (Å²) in [5.74, 6) is 2.70. The SMILES string of the molecule is COCCNc1cc(Nc2cc(C)[nH]n2)nc(C=Cc2ccccc2)n1. The largest absolute Gasteiger partial charge is 0.383 e. The molecular formula is C19H22N6O. The van der Waals surface area contributed by atoms with E-state index in [9.17, 15) is 0 Å². The van der Waals surface area contributed by atoms with Crippen LogP contribution < -0.4 is 10.6 Å². The smallest absolute Gasteiger partial charge is 0.156 e. The Hall–Kier alpha value is -3.19. The van der Waals surface area contributed by atoms with Crippen LogP contribution in [0.2, 0.25) is 0 Å². The number of nitrogens with one attached hydrogen (secondary N) is 3. The number of aryl methyl sites for hydroxylation is 1. The van der Waals surface area contributed by atoms with Gasteiger partial charge in [0.25, 0.3) is 0 Å². The summed E-state index contributed by atoms with van der Waals surface area (Å²) in [6, 6.07) is 13.8. The first-order chi connectivity index (χ1) is 12.7. The predicted molar refractivity (Wildman–Crippen MR) is 104 cm³/mol. The van der Waals surface area contributed by atoms with Gasteiger partial charge in [-0.1, -0.05) is 36.4 Å². The molecule has 0 aliphatic heterocycles. The molecule has 7 heteroatoms. The molecule has 0 aliphatic carbocycles. The van der Waals surface area contributed by atoms with Gasteiger partial charge in [-0.25, -0.2) is 9.97 Å². The predicted octanol–water partition coefficient (Wildman–Crippen LogP) is 3.48. The molecule has 0 unspecified atom stereocenters. The van der Waals surface area contributed by atoms with E-state index in [2.05, 4.69) is 30.8 Å². The summed E-state index contributed by atoms with van der Waals surface area (Å²) in [6.45, 7) is 3.21. The minimum Gasteiger partial charge on any atom is -0.383 e. The lowest BCUT2D eigenvalue weighted by atomic mass is 10.2. The Kier molecular flexibility index (Phi) is 5.95. The summed E-state index contributed by atoms with van der Waals surface area (Å²) in [5, 5.41) is 13.5. The van der Waals surface area contributed by atoms with Crippen molar-refractivity contribution in [3.63, 3.8) is 0 Å². The summed E-state index contributed by atoms with van der Waals surface area (Å²) in [7, 11) is 1.67. The quantitative estimate of drug-likeness (QED) is 0.539. The van der Waals surface area contributed by atoms with E-state index in [0.29, 0.717) is 30.6 Å². The highest BCUT2D eigenvalue weighted by Crippen LogP contribution is 2.17. The molecular weight excluding hydrogens is 328 g/mol. The number of nitrogens with zero attached hydrogens (tertiary/aromatic N) is 3. The second kappa shape index (κ2) is 8.77. The molecule has 0 radical (unpaired) electrons. The average molecular weight is 350 g/mol. The van der Waals surface area contributed by atoms with E-state index in [-0.39, 0.29) is 0 Å². The lowest BCUT2D eigenvalue weighted by Gasteiger charge is -2.09. The third-order valence-electron chi connectivity index (χ3n) is 3.54. The second-order valence-corrected chi connectivity index (χ2v) is 5.72. The summed E-state index contributed by atoms with van der Waals surface area (Å²) < 4.78 is 5.08. The number of rotatable bonds is 8.